The van der Waals surface area contributed by atoms with Crippen molar-refractivity contribution in [2.75, 3.05) is 6.61 Å². The lowest BCUT2D eigenvalue weighted by molar-refractivity contribution is -0.128. The number of nitrogens with zero attached hydrogens (tertiary/aromatic N) is 3. The molecule has 1 aliphatic heterocycles. The summed E-state index contributed by atoms with van der Waals surface area (Å²) in [7, 11) is 0. The number of hydrogen-bond donors (Lipinski definition) is 1. The summed E-state index contributed by atoms with van der Waals surface area (Å²) >= 11 is 0. The van der Waals surface area contributed by atoms with Crippen molar-refractivity contribution in [3.05, 3.63) is 238 Å². The van der Waals surface area contributed by atoms with Gasteiger partial charge in [-0.2, -0.15) is 0 Å². The third-order valence-corrected chi connectivity index (χ3v) is 10.8. The smallest absolute Gasteiger partial charge is 0.278 e. The fourth-order valence-electron chi connectivity index (χ4n) is 8.14. The normalized spacial score (nSPS) is 18.5. The minimum Gasteiger partial charge on any atom is -0.358 e. The van der Waals surface area contributed by atoms with E-state index in [4.69, 9.17) is 14.2 Å². The Balaban J connectivity index is 1.21. The Bertz CT molecular complexity index is 2400. The molecular formula is C48H39FN4O4. The summed E-state index contributed by atoms with van der Waals surface area (Å²) < 4.78 is 40.9. The van der Waals surface area contributed by atoms with Crippen LogP contribution < -0.4 is 5.56 Å². The van der Waals surface area contributed by atoms with Gasteiger partial charge in [0.1, 0.15) is 23.4 Å². The third-order valence-electron chi connectivity index (χ3n) is 10.8. The molecule has 57 heavy (non-hydrogen) atoms. The Kier molecular flexibility index (Phi) is 9.86. The zero-order valence-corrected chi connectivity index (χ0v) is 30.8. The van der Waals surface area contributed by atoms with Crippen LogP contribution in [0.3, 0.4) is 0 Å². The predicted molar refractivity (Wildman–Crippen MR) is 216 cm³/mol. The number of ether oxygens (including phenoxy) is 3. The average Bonchev–Trinajstić information content (AvgIpc) is 3.85. The summed E-state index contributed by atoms with van der Waals surface area (Å²) in [5.74, 6) is 0. The molecule has 0 aliphatic carbocycles. The molecule has 0 amide bonds. The van der Waals surface area contributed by atoms with Crippen LogP contribution >= 0.6 is 0 Å². The van der Waals surface area contributed by atoms with Crippen LogP contribution in [0.4, 0.5) is 4.39 Å². The van der Waals surface area contributed by atoms with Crippen LogP contribution in [0, 0.1) is 0 Å². The Labute approximate surface area is 329 Å². The molecule has 4 atom stereocenters. The number of imidazole rings is 1. The number of nitrogens with one attached hydrogen (secondary N) is 1. The standard InChI is InChI=1S/C48H39FN4O4/c49-41-43(57-48(37-25-13-4-14-26-37,38-27-15-5-16-28-38)39-29-17-6-18-30-39)40(56-46(41)53-33-52-42-44(53)50-32-51-45(42)54)31-55-47(34-19-7-1-8-20-34,35-21-9-2-10-22-35)36-23-11-3-12-24-36/h1-30,32-33,40-41,43,46H,31H2,(H,50,51,54)/t40-,41+,43-,46-/m1/s1. The number of benzene rings is 6. The summed E-state index contributed by atoms with van der Waals surface area (Å²) in [5, 5.41) is 0. The van der Waals surface area contributed by atoms with Gasteiger partial charge >= 0.3 is 0 Å². The largest absolute Gasteiger partial charge is 0.358 e. The zero-order chi connectivity index (χ0) is 38.7. The van der Waals surface area contributed by atoms with E-state index in [1.807, 2.05) is 182 Å². The molecule has 8 nitrogen and oxygen atoms in total. The SMILES string of the molecule is O=c1[nH]cnc2c1ncn2[C@@H]1O[C@H](COC(c2ccccc2)(c2ccccc2)c2ccccc2)[C@@H](OC(c2ccccc2)(c2ccccc2)c2ccccc2)[C@@H]1F. The van der Waals surface area contributed by atoms with E-state index in [9.17, 15) is 4.79 Å². The van der Waals surface area contributed by atoms with Crippen molar-refractivity contribution >= 4 is 11.2 Å². The highest BCUT2D eigenvalue weighted by molar-refractivity contribution is 5.69. The third kappa shape index (κ3) is 6.45. The van der Waals surface area contributed by atoms with E-state index >= 15 is 4.39 Å². The number of hydrogen-bond acceptors (Lipinski definition) is 6. The fraction of sp³-hybridized carbons (Fsp3) is 0.146. The number of aromatic amines is 1. The van der Waals surface area contributed by atoms with Crippen molar-refractivity contribution in [2.24, 2.45) is 0 Å². The van der Waals surface area contributed by atoms with Crippen molar-refractivity contribution in [3.63, 3.8) is 0 Å². The van der Waals surface area contributed by atoms with Crippen LogP contribution in [-0.4, -0.2) is 44.5 Å². The molecule has 282 valence electrons. The molecule has 2 aromatic heterocycles. The van der Waals surface area contributed by atoms with Crippen LogP contribution in [-0.2, 0) is 25.4 Å². The lowest BCUT2D eigenvalue weighted by Crippen LogP contribution is -2.45. The Morgan fingerprint density at radius 1 is 0.596 bits per heavy atom. The number of aromatic nitrogens is 4. The molecule has 0 bridgehead atoms. The minimum atomic E-state index is -1.77. The van der Waals surface area contributed by atoms with Crippen molar-refractivity contribution in [2.45, 2.75) is 35.8 Å². The number of fused-ring (bicyclic) bond motifs is 1. The maximum Gasteiger partial charge on any atom is 0.278 e. The van der Waals surface area contributed by atoms with Gasteiger partial charge in [0.15, 0.2) is 23.6 Å². The highest BCUT2D eigenvalue weighted by Crippen LogP contribution is 2.47. The molecule has 1 N–H and O–H groups in total. The summed E-state index contributed by atoms with van der Waals surface area (Å²) in [6.07, 6.45) is -2.55. The maximum absolute atomic E-state index is 17.9. The lowest BCUT2D eigenvalue weighted by Gasteiger charge is -2.40. The van der Waals surface area contributed by atoms with Gasteiger partial charge in [0.25, 0.3) is 5.56 Å². The predicted octanol–water partition coefficient (Wildman–Crippen LogP) is 8.74. The highest BCUT2D eigenvalue weighted by Gasteiger charge is 2.53. The van der Waals surface area contributed by atoms with Gasteiger partial charge in [0.2, 0.25) is 0 Å². The van der Waals surface area contributed by atoms with Gasteiger partial charge < -0.3 is 19.2 Å². The topological polar surface area (TPSA) is 91.3 Å². The van der Waals surface area contributed by atoms with E-state index in [2.05, 4.69) is 15.0 Å². The lowest BCUT2D eigenvalue weighted by atomic mass is 9.79. The molecule has 1 aliphatic rings. The summed E-state index contributed by atoms with van der Waals surface area (Å²) in [5.41, 5.74) is 2.55. The number of halogens is 1. The van der Waals surface area contributed by atoms with Crippen LogP contribution in [0.25, 0.3) is 11.2 Å². The molecule has 1 saturated heterocycles. The summed E-state index contributed by atoms with van der Waals surface area (Å²) in [4.78, 5) is 24.0. The first-order chi connectivity index (χ1) is 28.1. The first-order valence-electron chi connectivity index (χ1n) is 18.9. The second kappa shape index (κ2) is 15.5. The monoisotopic (exact) mass is 754 g/mol. The number of H-pyrrole nitrogens is 1. The Morgan fingerprint density at radius 2 is 1.00 bits per heavy atom. The number of alkyl halides is 1. The fourth-order valence-corrected chi connectivity index (χ4v) is 8.14. The van der Waals surface area contributed by atoms with Gasteiger partial charge in [-0.15, -0.1) is 0 Å². The van der Waals surface area contributed by atoms with Crippen LogP contribution in [0.2, 0.25) is 0 Å². The molecule has 9 rings (SSSR count). The van der Waals surface area contributed by atoms with Crippen LogP contribution in [0.1, 0.15) is 39.6 Å². The maximum atomic E-state index is 17.9. The minimum absolute atomic E-state index is 0.0777. The van der Waals surface area contributed by atoms with E-state index in [1.165, 1.54) is 17.2 Å². The van der Waals surface area contributed by atoms with E-state index in [1.54, 1.807) is 0 Å². The van der Waals surface area contributed by atoms with E-state index in [0.29, 0.717) is 0 Å². The summed E-state index contributed by atoms with van der Waals surface area (Å²) in [6, 6.07) is 59.6. The molecule has 8 aromatic rings. The molecule has 0 unspecified atom stereocenters. The molecule has 3 heterocycles. The number of rotatable bonds is 12. The first kappa shape index (κ1) is 36.1. The Morgan fingerprint density at radius 3 is 1.42 bits per heavy atom. The van der Waals surface area contributed by atoms with Gasteiger partial charge in [-0.25, -0.2) is 14.4 Å². The van der Waals surface area contributed by atoms with Gasteiger partial charge in [0.05, 0.1) is 19.3 Å². The molecule has 0 radical (unpaired) electrons. The van der Waals surface area contributed by atoms with Crippen molar-refractivity contribution in [3.8, 4) is 0 Å². The second-order valence-corrected chi connectivity index (χ2v) is 14.0. The quantitative estimate of drug-likeness (QED) is 0.126. The Hall–Kier alpha value is -6.52. The van der Waals surface area contributed by atoms with Gasteiger partial charge in [0, 0.05) is 0 Å². The van der Waals surface area contributed by atoms with E-state index < -0.39 is 41.4 Å². The van der Waals surface area contributed by atoms with Crippen molar-refractivity contribution < 1.29 is 18.6 Å². The van der Waals surface area contributed by atoms with Crippen LogP contribution in [0.5, 0.6) is 0 Å². The first-order valence-corrected chi connectivity index (χ1v) is 18.9. The van der Waals surface area contributed by atoms with Gasteiger partial charge in [-0.3, -0.25) is 9.36 Å². The highest BCUT2D eigenvalue weighted by atomic mass is 19.1. The van der Waals surface area contributed by atoms with Crippen molar-refractivity contribution in [1.82, 2.24) is 19.5 Å². The average molecular weight is 755 g/mol. The van der Waals surface area contributed by atoms with Crippen molar-refractivity contribution in [1.29, 1.82) is 0 Å². The van der Waals surface area contributed by atoms with Gasteiger partial charge in [-0.1, -0.05) is 182 Å². The molecule has 1 fully saturated rings. The molecular weight excluding hydrogens is 716 g/mol. The summed E-state index contributed by atoms with van der Waals surface area (Å²) in [6.45, 7) is -0.0879. The molecule has 9 heteroatoms. The van der Waals surface area contributed by atoms with Gasteiger partial charge in [-0.05, 0) is 33.4 Å². The molecule has 0 saturated carbocycles. The van der Waals surface area contributed by atoms with E-state index in [-0.39, 0.29) is 17.8 Å². The molecule has 6 aromatic carbocycles. The molecule has 0 spiro atoms. The van der Waals surface area contributed by atoms with Crippen LogP contribution in [0.15, 0.2) is 199 Å². The van der Waals surface area contributed by atoms with E-state index in [0.717, 1.165) is 33.4 Å². The zero-order valence-electron chi connectivity index (χ0n) is 30.8. The second-order valence-electron chi connectivity index (χ2n) is 14.0.